The number of pyridine rings is 1. The van der Waals surface area contributed by atoms with Crippen LogP contribution in [-0.2, 0) is 11.8 Å². The SMILES string of the molecule is Cn1ncc(OCC2(N)CC2)c1-c1ccn2nc(NC(=O)C3CC3)cc2c1. The van der Waals surface area contributed by atoms with E-state index in [-0.39, 0.29) is 17.4 Å². The van der Waals surface area contributed by atoms with E-state index in [0.29, 0.717) is 12.4 Å². The number of hydrogen-bond acceptors (Lipinski definition) is 5. The summed E-state index contributed by atoms with van der Waals surface area (Å²) in [6, 6.07) is 5.85. The van der Waals surface area contributed by atoms with Crippen molar-refractivity contribution in [2.75, 3.05) is 11.9 Å². The van der Waals surface area contributed by atoms with Crippen LogP contribution in [0.5, 0.6) is 5.75 Å². The largest absolute Gasteiger partial charge is 0.488 e. The second-order valence-electron chi connectivity index (χ2n) is 7.71. The molecule has 3 aromatic heterocycles. The van der Waals surface area contributed by atoms with Gasteiger partial charge in [0.15, 0.2) is 11.6 Å². The Morgan fingerprint density at radius 2 is 2.22 bits per heavy atom. The number of rotatable bonds is 6. The van der Waals surface area contributed by atoms with Gasteiger partial charge in [0, 0.05) is 30.8 Å². The van der Waals surface area contributed by atoms with Gasteiger partial charge < -0.3 is 15.8 Å². The standard InChI is InChI=1S/C19H22N6O2/c1-24-17(15(10-21-24)27-11-19(20)5-6-19)13-4-7-25-14(8-13)9-16(23-25)22-18(26)12-2-3-12/h4,7-10,12H,2-3,5-6,11,20H2,1H3,(H,22,23,26). The van der Waals surface area contributed by atoms with Crippen LogP contribution in [0.2, 0.25) is 0 Å². The summed E-state index contributed by atoms with van der Waals surface area (Å²) < 4.78 is 9.50. The summed E-state index contributed by atoms with van der Waals surface area (Å²) in [6.45, 7) is 0.498. The summed E-state index contributed by atoms with van der Waals surface area (Å²) in [5.41, 5.74) is 8.71. The molecule has 2 saturated carbocycles. The molecular weight excluding hydrogens is 344 g/mol. The molecule has 27 heavy (non-hydrogen) atoms. The first kappa shape index (κ1) is 16.3. The summed E-state index contributed by atoms with van der Waals surface area (Å²) in [4.78, 5) is 12.0. The van der Waals surface area contributed by atoms with Crippen LogP contribution >= 0.6 is 0 Å². The predicted molar refractivity (Wildman–Crippen MR) is 100 cm³/mol. The molecule has 8 heteroatoms. The maximum atomic E-state index is 12.0. The summed E-state index contributed by atoms with van der Waals surface area (Å²) in [7, 11) is 1.89. The molecule has 3 N–H and O–H groups in total. The van der Waals surface area contributed by atoms with E-state index in [0.717, 1.165) is 48.2 Å². The first-order valence-electron chi connectivity index (χ1n) is 9.25. The van der Waals surface area contributed by atoms with E-state index >= 15 is 0 Å². The third-order valence-electron chi connectivity index (χ3n) is 5.25. The minimum absolute atomic E-state index is 0.0525. The van der Waals surface area contributed by atoms with Gasteiger partial charge in [-0.1, -0.05) is 0 Å². The fraction of sp³-hybridized carbons (Fsp3) is 0.421. The lowest BCUT2D eigenvalue weighted by molar-refractivity contribution is -0.117. The Labute approximate surface area is 156 Å². The van der Waals surface area contributed by atoms with Gasteiger partial charge in [0.05, 0.1) is 17.3 Å². The Kier molecular flexibility index (Phi) is 3.51. The van der Waals surface area contributed by atoms with Crippen molar-refractivity contribution in [2.24, 2.45) is 18.7 Å². The highest BCUT2D eigenvalue weighted by Crippen LogP contribution is 2.36. The van der Waals surface area contributed by atoms with Gasteiger partial charge in [0.2, 0.25) is 5.91 Å². The molecule has 0 aliphatic heterocycles. The van der Waals surface area contributed by atoms with Crippen LogP contribution in [0.3, 0.4) is 0 Å². The van der Waals surface area contributed by atoms with Crippen LogP contribution in [0, 0.1) is 5.92 Å². The molecule has 2 aliphatic carbocycles. The zero-order valence-corrected chi connectivity index (χ0v) is 15.2. The van der Waals surface area contributed by atoms with E-state index in [9.17, 15) is 4.79 Å². The smallest absolute Gasteiger partial charge is 0.228 e. The highest BCUT2D eigenvalue weighted by molar-refractivity contribution is 5.93. The minimum atomic E-state index is -0.183. The fourth-order valence-corrected chi connectivity index (χ4v) is 3.16. The molecule has 1 amide bonds. The molecule has 140 valence electrons. The molecule has 2 aliphatic rings. The Morgan fingerprint density at radius 3 is 2.96 bits per heavy atom. The summed E-state index contributed by atoms with van der Waals surface area (Å²) in [5, 5.41) is 11.6. The van der Waals surface area contributed by atoms with Crippen molar-refractivity contribution in [3.05, 3.63) is 30.6 Å². The van der Waals surface area contributed by atoms with Crippen molar-refractivity contribution >= 4 is 17.2 Å². The number of anilines is 1. The van der Waals surface area contributed by atoms with Crippen LogP contribution in [0.4, 0.5) is 5.82 Å². The van der Waals surface area contributed by atoms with Crippen molar-refractivity contribution in [1.29, 1.82) is 0 Å². The molecule has 0 bridgehead atoms. The lowest BCUT2D eigenvalue weighted by atomic mass is 10.1. The maximum absolute atomic E-state index is 12.0. The number of nitrogens with one attached hydrogen (secondary N) is 1. The Hall–Kier alpha value is -2.87. The quantitative estimate of drug-likeness (QED) is 0.695. The zero-order valence-electron chi connectivity index (χ0n) is 15.2. The van der Waals surface area contributed by atoms with Crippen molar-refractivity contribution in [3.8, 4) is 17.0 Å². The van der Waals surface area contributed by atoms with Crippen LogP contribution in [0.25, 0.3) is 16.8 Å². The topological polar surface area (TPSA) is 99.5 Å². The molecule has 3 heterocycles. The van der Waals surface area contributed by atoms with Gasteiger partial charge in [-0.2, -0.15) is 10.2 Å². The molecule has 0 radical (unpaired) electrons. The van der Waals surface area contributed by atoms with Crippen molar-refractivity contribution in [3.63, 3.8) is 0 Å². The molecule has 0 saturated heterocycles. The number of aromatic nitrogens is 4. The number of aryl methyl sites for hydroxylation is 1. The molecule has 0 aromatic carbocycles. The van der Waals surface area contributed by atoms with E-state index in [2.05, 4.69) is 15.5 Å². The van der Waals surface area contributed by atoms with Gasteiger partial charge in [-0.05, 0) is 37.8 Å². The van der Waals surface area contributed by atoms with Gasteiger partial charge in [0.25, 0.3) is 0 Å². The third-order valence-corrected chi connectivity index (χ3v) is 5.25. The zero-order chi connectivity index (χ0) is 18.6. The first-order chi connectivity index (χ1) is 13.0. The second kappa shape index (κ2) is 5.82. The highest BCUT2D eigenvalue weighted by Gasteiger charge is 2.39. The minimum Gasteiger partial charge on any atom is -0.488 e. The summed E-state index contributed by atoms with van der Waals surface area (Å²) >= 11 is 0. The van der Waals surface area contributed by atoms with E-state index in [1.54, 1.807) is 15.4 Å². The van der Waals surface area contributed by atoms with Crippen molar-refractivity contribution < 1.29 is 9.53 Å². The number of nitrogens with zero attached hydrogens (tertiary/aromatic N) is 4. The first-order valence-corrected chi connectivity index (χ1v) is 9.25. The van der Waals surface area contributed by atoms with E-state index in [4.69, 9.17) is 10.5 Å². The normalized spacial score (nSPS) is 17.9. The molecular formula is C19H22N6O2. The number of hydrogen-bond donors (Lipinski definition) is 2. The summed E-state index contributed by atoms with van der Waals surface area (Å²) in [6.07, 6.45) is 7.54. The lowest BCUT2D eigenvalue weighted by Gasteiger charge is -2.12. The lowest BCUT2D eigenvalue weighted by Crippen LogP contribution is -2.29. The van der Waals surface area contributed by atoms with Gasteiger partial charge in [-0.15, -0.1) is 0 Å². The molecule has 2 fully saturated rings. The predicted octanol–water partition coefficient (Wildman–Crippen LogP) is 1.95. The van der Waals surface area contributed by atoms with Gasteiger partial charge in [-0.25, -0.2) is 4.52 Å². The number of carbonyl (C=O) groups is 1. The van der Waals surface area contributed by atoms with E-state index in [1.807, 2.05) is 31.4 Å². The molecule has 0 spiro atoms. The number of ether oxygens (including phenoxy) is 1. The monoisotopic (exact) mass is 366 g/mol. The molecule has 0 unspecified atom stereocenters. The second-order valence-corrected chi connectivity index (χ2v) is 7.71. The van der Waals surface area contributed by atoms with Crippen LogP contribution in [0.15, 0.2) is 30.6 Å². The summed E-state index contributed by atoms with van der Waals surface area (Å²) in [5.74, 6) is 1.50. The average Bonchev–Trinajstić information content (AvgIpc) is 3.54. The van der Waals surface area contributed by atoms with E-state index in [1.165, 1.54) is 0 Å². The number of amides is 1. The van der Waals surface area contributed by atoms with Crippen molar-refractivity contribution in [2.45, 2.75) is 31.2 Å². The van der Waals surface area contributed by atoms with Crippen LogP contribution in [-0.4, -0.2) is 37.4 Å². The maximum Gasteiger partial charge on any atom is 0.228 e. The Morgan fingerprint density at radius 1 is 1.41 bits per heavy atom. The van der Waals surface area contributed by atoms with Crippen LogP contribution in [0.1, 0.15) is 25.7 Å². The average molecular weight is 366 g/mol. The fourth-order valence-electron chi connectivity index (χ4n) is 3.16. The highest BCUT2D eigenvalue weighted by atomic mass is 16.5. The van der Waals surface area contributed by atoms with Crippen molar-refractivity contribution in [1.82, 2.24) is 19.4 Å². The number of nitrogens with two attached hydrogens (primary N) is 1. The third kappa shape index (κ3) is 3.16. The Balaban J connectivity index is 1.42. The molecule has 0 atom stereocenters. The van der Waals surface area contributed by atoms with E-state index < -0.39 is 0 Å². The van der Waals surface area contributed by atoms with Crippen LogP contribution < -0.4 is 15.8 Å². The van der Waals surface area contributed by atoms with Gasteiger partial charge in [-0.3, -0.25) is 9.48 Å². The Bertz CT molecular complexity index is 1030. The van der Waals surface area contributed by atoms with Gasteiger partial charge >= 0.3 is 0 Å². The van der Waals surface area contributed by atoms with Gasteiger partial charge in [0.1, 0.15) is 12.3 Å². The number of carbonyl (C=O) groups excluding carboxylic acids is 1. The molecule has 3 aromatic rings. The number of fused-ring (bicyclic) bond motifs is 1. The molecule has 8 nitrogen and oxygen atoms in total. The molecule has 5 rings (SSSR count).